The normalized spacial score (nSPS) is 17.4. The van der Waals surface area contributed by atoms with Crippen LogP contribution >= 0.6 is 0 Å². The van der Waals surface area contributed by atoms with E-state index in [9.17, 15) is 19.6 Å². The molecule has 3 aromatic carbocycles. The molecular formula is C31H33N5O4. The highest BCUT2D eigenvalue weighted by Gasteiger charge is 2.42. The monoisotopic (exact) mass is 539 g/mol. The van der Waals surface area contributed by atoms with E-state index in [1.807, 2.05) is 48.5 Å². The fraction of sp³-hybridized carbons (Fsp3) is 0.290. The number of nitriles is 1. The maximum absolute atomic E-state index is 14.3. The Morgan fingerprint density at radius 3 is 2.40 bits per heavy atom. The van der Waals surface area contributed by atoms with E-state index in [2.05, 4.69) is 16.7 Å². The van der Waals surface area contributed by atoms with E-state index in [0.29, 0.717) is 22.7 Å². The van der Waals surface area contributed by atoms with Gasteiger partial charge in [0.15, 0.2) is 0 Å². The number of ether oxygens (including phenoxy) is 1. The Morgan fingerprint density at radius 2 is 1.77 bits per heavy atom. The van der Waals surface area contributed by atoms with E-state index in [0.717, 1.165) is 16.7 Å². The lowest BCUT2D eigenvalue weighted by molar-refractivity contribution is -0.129. The lowest BCUT2D eigenvalue weighted by Crippen LogP contribution is -2.59. The van der Waals surface area contributed by atoms with Crippen LogP contribution in [-0.2, 0) is 20.9 Å². The third-order valence-corrected chi connectivity index (χ3v) is 7.26. The second-order valence-electron chi connectivity index (χ2n) is 9.76. The summed E-state index contributed by atoms with van der Waals surface area (Å²) < 4.78 is 5.66. The largest absolute Gasteiger partial charge is 0.496 e. The standard InChI is InChI=1S/C31H33N5O4/c1-19(33-4)30(38)34-29-20(2)36(21(3)37)27-15-22(17-32)11-13-26(27)35(31(29)39)18-25-16-24(12-14-28(25)40-5)23-9-7-6-8-10-23/h6-16,19-20,29,33H,18H2,1-5H3,(H,34,38)/t19?,20-,29-/m0/s1. The average molecular weight is 540 g/mol. The predicted molar refractivity (Wildman–Crippen MR) is 154 cm³/mol. The number of carbonyl (C=O) groups is 3. The van der Waals surface area contributed by atoms with Gasteiger partial charge < -0.3 is 25.2 Å². The fourth-order valence-corrected chi connectivity index (χ4v) is 4.97. The predicted octanol–water partition coefficient (Wildman–Crippen LogP) is 3.61. The van der Waals surface area contributed by atoms with Gasteiger partial charge >= 0.3 is 0 Å². The van der Waals surface area contributed by atoms with Crippen molar-refractivity contribution in [2.75, 3.05) is 24.0 Å². The van der Waals surface area contributed by atoms with Gasteiger partial charge in [-0.05, 0) is 62.4 Å². The quantitative estimate of drug-likeness (QED) is 0.474. The van der Waals surface area contributed by atoms with Gasteiger partial charge in [-0.2, -0.15) is 5.26 Å². The van der Waals surface area contributed by atoms with Gasteiger partial charge in [0.1, 0.15) is 11.8 Å². The lowest BCUT2D eigenvalue weighted by Gasteiger charge is -2.32. The number of anilines is 2. The molecule has 0 bridgehead atoms. The van der Waals surface area contributed by atoms with Crippen LogP contribution in [0.15, 0.2) is 66.7 Å². The van der Waals surface area contributed by atoms with E-state index >= 15 is 0 Å². The van der Waals surface area contributed by atoms with E-state index < -0.39 is 18.1 Å². The summed E-state index contributed by atoms with van der Waals surface area (Å²) in [5, 5.41) is 15.3. The highest BCUT2D eigenvalue weighted by molar-refractivity contribution is 6.08. The number of benzene rings is 3. The van der Waals surface area contributed by atoms with Crippen LogP contribution in [0.5, 0.6) is 5.75 Å². The molecule has 9 nitrogen and oxygen atoms in total. The Labute approximate surface area is 234 Å². The highest BCUT2D eigenvalue weighted by Crippen LogP contribution is 2.38. The Hall–Kier alpha value is -4.68. The molecule has 0 radical (unpaired) electrons. The number of hydrogen-bond acceptors (Lipinski definition) is 6. The Balaban J connectivity index is 1.88. The molecule has 1 aliphatic rings. The molecule has 3 atom stereocenters. The first-order valence-corrected chi connectivity index (χ1v) is 13.1. The molecule has 0 saturated heterocycles. The summed E-state index contributed by atoms with van der Waals surface area (Å²) in [6.07, 6.45) is 0. The number of amides is 3. The van der Waals surface area contributed by atoms with Crippen molar-refractivity contribution in [3.8, 4) is 22.9 Å². The summed E-state index contributed by atoms with van der Waals surface area (Å²) in [6.45, 7) is 4.92. The number of methoxy groups -OCH3 is 1. The van der Waals surface area contributed by atoms with Crippen LogP contribution in [0.25, 0.3) is 11.1 Å². The van der Waals surface area contributed by atoms with Gasteiger partial charge in [-0.1, -0.05) is 36.4 Å². The van der Waals surface area contributed by atoms with E-state index in [1.165, 1.54) is 11.8 Å². The average Bonchev–Trinajstić information content (AvgIpc) is 3.05. The van der Waals surface area contributed by atoms with E-state index in [4.69, 9.17) is 4.74 Å². The van der Waals surface area contributed by atoms with Crippen LogP contribution in [0, 0.1) is 11.3 Å². The zero-order valence-corrected chi connectivity index (χ0v) is 23.3. The van der Waals surface area contributed by atoms with Crippen molar-refractivity contribution in [1.29, 1.82) is 5.26 Å². The number of nitrogens with one attached hydrogen (secondary N) is 2. The van der Waals surface area contributed by atoms with Gasteiger partial charge in [0, 0.05) is 12.5 Å². The molecule has 206 valence electrons. The number of carbonyl (C=O) groups excluding carboxylic acids is 3. The number of fused-ring (bicyclic) bond motifs is 1. The van der Waals surface area contributed by atoms with Gasteiger partial charge in [0.2, 0.25) is 11.8 Å². The molecule has 0 fully saturated rings. The zero-order chi connectivity index (χ0) is 29.0. The molecule has 3 amide bonds. The van der Waals surface area contributed by atoms with Crippen LogP contribution in [0.4, 0.5) is 11.4 Å². The molecule has 0 saturated carbocycles. The molecule has 3 aromatic rings. The number of hydrogen-bond donors (Lipinski definition) is 2. The first-order valence-electron chi connectivity index (χ1n) is 13.1. The molecule has 9 heteroatoms. The van der Waals surface area contributed by atoms with Gasteiger partial charge in [0.25, 0.3) is 5.91 Å². The first-order chi connectivity index (χ1) is 19.2. The van der Waals surface area contributed by atoms with Crippen molar-refractivity contribution in [2.45, 2.75) is 45.4 Å². The topological polar surface area (TPSA) is 115 Å². The van der Waals surface area contributed by atoms with Gasteiger partial charge in [-0.25, -0.2) is 0 Å². The Bertz CT molecular complexity index is 1470. The molecule has 40 heavy (non-hydrogen) atoms. The van der Waals surface area contributed by atoms with Crippen molar-refractivity contribution in [3.63, 3.8) is 0 Å². The fourth-order valence-electron chi connectivity index (χ4n) is 4.97. The minimum atomic E-state index is -1.05. The molecule has 1 aliphatic heterocycles. The first kappa shape index (κ1) is 28.3. The third-order valence-electron chi connectivity index (χ3n) is 7.26. The second kappa shape index (κ2) is 12.0. The molecule has 0 spiro atoms. The smallest absolute Gasteiger partial charge is 0.252 e. The highest BCUT2D eigenvalue weighted by atomic mass is 16.5. The Kier molecular flexibility index (Phi) is 8.51. The summed E-state index contributed by atoms with van der Waals surface area (Å²) >= 11 is 0. The number of rotatable bonds is 7. The minimum absolute atomic E-state index is 0.105. The maximum Gasteiger partial charge on any atom is 0.252 e. The SMILES string of the molecule is CNC(C)C(=O)N[C@@H]1C(=O)N(Cc2cc(-c3ccccc3)ccc2OC)c2ccc(C#N)cc2N(C(C)=O)[C@H]1C. The number of nitrogens with zero attached hydrogens (tertiary/aromatic N) is 3. The van der Waals surface area contributed by atoms with E-state index in [1.54, 1.807) is 51.1 Å². The van der Waals surface area contributed by atoms with Crippen LogP contribution in [0.1, 0.15) is 31.9 Å². The zero-order valence-electron chi connectivity index (χ0n) is 23.3. The van der Waals surface area contributed by atoms with Crippen molar-refractivity contribution < 1.29 is 19.1 Å². The van der Waals surface area contributed by atoms with Crippen LogP contribution in [0.2, 0.25) is 0 Å². The molecule has 1 heterocycles. The third kappa shape index (κ3) is 5.53. The van der Waals surface area contributed by atoms with Crippen molar-refractivity contribution in [2.24, 2.45) is 0 Å². The van der Waals surface area contributed by atoms with Gasteiger partial charge in [-0.3, -0.25) is 14.4 Å². The van der Waals surface area contributed by atoms with Crippen molar-refractivity contribution >= 4 is 29.1 Å². The van der Waals surface area contributed by atoms with Crippen molar-refractivity contribution in [1.82, 2.24) is 10.6 Å². The summed E-state index contributed by atoms with van der Waals surface area (Å²) in [6, 6.07) is 20.3. The molecule has 2 N–H and O–H groups in total. The van der Waals surface area contributed by atoms with Crippen LogP contribution in [0.3, 0.4) is 0 Å². The van der Waals surface area contributed by atoms with Crippen LogP contribution < -0.4 is 25.2 Å². The van der Waals surface area contributed by atoms with Gasteiger partial charge in [-0.15, -0.1) is 0 Å². The second-order valence-corrected chi connectivity index (χ2v) is 9.76. The molecule has 0 aromatic heterocycles. The summed E-state index contributed by atoms with van der Waals surface area (Å²) in [5.41, 5.74) is 3.92. The van der Waals surface area contributed by atoms with Crippen molar-refractivity contribution in [3.05, 3.63) is 77.9 Å². The lowest BCUT2D eigenvalue weighted by atomic mass is 10.0. The van der Waals surface area contributed by atoms with E-state index in [-0.39, 0.29) is 24.3 Å². The number of likely N-dealkylation sites (N-methyl/N-ethyl adjacent to an activating group) is 1. The molecular weight excluding hydrogens is 506 g/mol. The summed E-state index contributed by atoms with van der Waals surface area (Å²) in [7, 11) is 3.22. The molecule has 4 rings (SSSR count). The minimum Gasteiger partial charge on any atom is -0.496 e. The Morgan fingerprint density at radius 1 is 1.05 bits per heavy atom. The maximum atomic E-state index is 14.3. The summed E-state index contributed by atoms with van der Waals surface area (Å²) in [4.78, 5) is 43.3. The summed E-state index contributed by atoms with van der Waals surface area (Å²) in [5.74, 6) is -0.481. The molecule has 0 aliphatic carbocycles. The van der Waals surface area contributed by atoms with Crippen LogP contribution in [-0.4, -0.2) is 50.0 Å². The van der Waals surface area contributed by atoms with Gasteiger partial charge in [0.05, 0.1) is 48.7 Å². The molecule has 1 unspecified atom stereocenters.